The van der Waals surface area contributed by atoms with Crippen molar-refractivity contribution in [3.05, 3.63) is 30.6 Å². The van der Waals surface area contributed by atoms with E-state index in [1.807, 2.05) is 42.2 Å². The highest BCUT2D eigenvalue weighted by molar-refractivity contribution is 6.04. The molecule has 146 valence electrons. The normalized spacial score (nSPS) is 21.5. The van der Waals surface area contributed by atoms with E-state index in [9.17, 15) is 14.7 Å². The van der Waals surface area contributed by atoms with Crippen LogP contribution in [0.25, 0.3) is 11.1 Å². The highest BCUT2D eigenvalue weighted by atomic mass is 16.4. The minimum atomic E-state index is -0.992. The fourth-order valence-electron chi connectivity index (χ4n) is 4.03. The molecular formula is C21H24N4O3. The molecule has 2 amide bonds. The Hall–Kier alpha value is -2.83. The van der Waals surface area contributed by atoms with Crippen LogP contribution in [-0.4, -0.2) is 39.5 Å². The van der Waals surface area contributed by atoms with Crippen molar-refractivity contribution in [2.75, 3.05) is 16.3 Å². The van der Waals surface area contributed by atoms with E-state index in [4.69, 9.17) is 0 Å². The standard InChI is InChI=1S/C21H24N4O3/c1-13-10-24(21(27)28)19-8-16(17-9-22-23(12-17)11-14-2-3-14)6-7-18(19)25(13)20(26)15-4-5-15/h6-9,12-15H,2-5,10-11H2,1H3,(H,27,28)/t13-/m0/s1. The molecule has 1 aromatic carbocycles. The maximum absolute atomic E-state index is 12.8. The number of hydrogen-bond donors (Lipinski definition) is 1. The van der Waals surface area contributed by atoms with Crippen LogP contribution < -0.4 is 9.80 Å². The molecule has 5 rings (SSSR count). The van der Waals surface area contributed by atoms with Gasteiger partial charge in [0.25, 0.3) is 0 Å². The summed E-state index contributed by atoms with van der Waals surface area (Å²) in [5.74, 6) is 0.943. The highest BCUT2D eigenvalue weighted by Gasteiger charge is 2.41. The lowest BCUT2D eigenvalue weighted by Crippen LogP contribution is -2.52. The number of fused-ring (bicyclic) bond motifs is 1. The van der Waals surface area contributed by atoms with Crippen molar-refractivity contribution in [3.63, 3.8) is 0 Å². The molecule has 7 nitrogen and oxygen atoms in total. The lowest BCUT2D eigenvalue weighted by Gasteiger charge is -2.40. The summed E-state index contributed by atoms with van der Waals surface area (Å²) < 4.78 is 1.96. The van der Waals surface area contributed by atoms with E-state index in [0.717, 1.165) is 36.4 Å². The van der Waals surface area contributed by atoms with Gasteiger partial charge in [-0.1, -0.05) is 6.07 Å². The molecule has 1 atom stereocenters. The third-order valence-electron chi connectivity index (χ3n) is 5.92. The molecular weight excluding hydrogens is 356 g/mol. The van der Waals surface area contributed by atoms with Crippen molar-refractivity contribution in [3.8, 4) is 11.1 Å². The fourth-order valence-corrected chi connectivity index (χ4v) is 4.03. The zero-order chi connectivity index (χ0) is 19.4. The van der Waals surface area contributed by atoms with Crippen LogP contribution in [-0.2, 0) is 11.3 Å². The molecule has 7 heteroatoms. The quantitative estimate of drug-likeness (QED) is 0.879. The molecule has 1 aliphatic heterocycles. The van der Waals surface area contributed by atoms with Crippen LogP contribution in [0.1, 0.15) is 32.6 Å². The summed E-state index contributed by atoms with van der Waals surface area (Å²) in [6.45, 7) is 3.13. The molecule has 2 heterocycles. The van der Waals surface area contributed by atoms with Crippen LogP contribution in [0, 0.1) is 11.8 Å². The van der Waals surface area contributed by atoms with Gasteiger partial charge in [0.05, 0.1) is 23.6 Å². The van der Waals surface area contributed by atoms with Crippen LogP contribution in [0.4, 0.5) is 16.2 Å². The minimum Gasteiger partial charge on any atom is -0.465 e. The Kier molecular flexibility index (Phi) is 3.92. The van der Waals surface area contributed by atoms with Gasteiger partial charge in [-0.3, -0.25) is 14.4 Å². The first-order valence-corrected chi connectivity index (χ1v) is 10.0. The molecule has 3 aliphatic rings. The lowest BCUT2D eigenvalue weighted by molar-refractivity contribution is -0.120. The minimum absolute atomic E-state index is 0.0898. The molecule has 0 saturated heterocycles. The maximum Gasteiger partial charge on any atom is 0.411 e. The molecule has 2 aromatic rings. The first-order valence-electron chi connectivity index (χ1n) is 10.0. The van der Waals surface area contributed by atoms with E-state index in [1.165, 1.54) is 17.7 Å². The van der Waals surface area contributed by atoms with Crippen molar-refractivity contribution >= 4 is 23.4 Å². The van der Waals surface area contributed by atoms with Crippen LogP contribution in [0.5, 0.6) is 0 Å². The summed E-state index contributed by atoms with van der Waals surface area (Å²) in [6.07, 6.45) is 7.25. The second-order valence-corrected chi connectivity index (χ2v) is 8.32. The van der Waals surface area contributed by atoms with Crippen molar-refractivity contribution in [1.82, 2.24) is 9.78 Å². The Morgan fingerprint density at radius 3 is 2.61 bits per heavy atom. The third-order valence-corrected chi connectivity index (χ3v) is 5.92. The third kappa shape index (κ3) is 3.04. The Morgan fingerprint density at radius 2 is 1.93 bits per heavy atom. The molecule has 2 aliphatic carbocycles. The van der Waals surface area contributed by atoms with E-state index >= 15 is 0 Å². The molecule has 2 fully saturated rings. The van der Waals surface area contributed by atoms with Crippen molar-refractivity contribution in [2.24, 2.45) is 11.8 Å². The smallest absolute Gasteiger partial charge is 0.411 e. The SMILES string of the molecule is C[C@H]1CN(C(=O)O)c2cc(-c3cnn(CC4CC4)c3)ccc2N1C(=O)C1CC1. The summed E-state index contributed by atoms with van der Waals surface area (Å²) in [5, 5.41) is 14.2. The van der Waals surface area contributed by atoms with Crippen LogP contribution in [0.3, 0.4) is 0 Å². The molecule has 0 radical (unpaired) electrons. The Morgan fingerprint density at radius 1 is 1.14 bits per heavy atom. The number of amides is 2. The molecule has 28 heavy (non-hydrogen) atoms. The molecule has 0 spiro atoms. The average molecular weight is 380 g/mol. The predicted octanol–water partition coefficient (Wildman–Crippen LogP) is 3.59. The van der Waals surface area contributed by atoms with Gasteiger partial charge in [0.2, 0.25) is 5.91 Å². The van der Waals surface area contributed by atoms with Gasteiger partial charge in [0.15, 0.2) is 0 Å². The predicted molar refractivity (Wildman–Crippen MR) is 105 cm³/mol. The van der Waals surface area contributed by atoms with Gasteiger partial charge in [-0.25, -0.2) is 4.79 Å². The van der Waals surface area contributed by atoms with E-state index in [2.05, 4.69) is 5.10 Å². The van der Waals surface area contributed by atoms with E-state index < -0.39 is 6.09 Å². The second-order valence-electron chi connectivity index (χ2n) is 8.32. The number of nitrogens with zero attached hydrogens (tertiary/aromatic N) is 4. The number of carboxylic acid groups (broad SMARTS) is 1. The summed E-state index contributed by atoms with van der Waals surface area (Å²) in [4.78, 5) is 27.8. The summed E-state index contributed by atoms with van der Waals surface area (Å²) >= 11 is 0. The first kappa shape index (κ1) is 17.3. The molecule has 1 N–H and O–H groups in total. The van der Waals surface area contributed by atoms with Crippen molar-refractivity contribution in [2.45, 2.75) is 45.2 Å². The topological polar surface area (TPSA) is 78.7 Å². The van der Waals surface area contributed by atoms with Crippen LogP contribution in [0.2, 0.25) is 0 Å². The Bertz CT molecular complexity index is 945. The van der Waals surface area contributed by atoms with Crippen LogP contribution >= 0.6 is 0 Å². The summed E-state index contributed by atoms with van der Waals surface area (Å²) in [6, 6.07) is 5.54. The van der Waals surface area contributed by atoms with Gasteiger partial charge >= 0.3 is 6.09 Å². The number of aromatic nitrogens is 2. The second kappa shape index (κ2) is 6.36. The zero-order valence-electron chi connectivity index (χ0n) is 15.9. The van der Waals surface area contributed by atoms with E-state index in [1.54, 1.807) is 4.90 Å². The number of rotatable bonds is 4. The fraction of sp³-hybridized carbons (Fsp3) is 0.476. The maximum atomic E-state index is 12.8. The average Bonchev–Trinajstić information content (AvgIpc) is 3.59. The molecule has 0 bridgehead atoms. The van der Waals surface area contributed by atoms with Gasteiger partial charge < -0.3 is 10.0 Å². The number of hydrogen-bond acceptors (Lipinski definition) is 3. The van der Waals surface area contributed by atoms with Crippen molar-refractivity contribution < 1.29 is 14.7 Å². The van der Waals surface area contributed by atoms with Gasteiger partial charge in [-0.2, -0.15) is 5.10 Å². The van der Waals surface area contributed by atoms with Gasteiger partial charge in [-0.15, -0.1) is 0 Å². The van der Waals surface area contributed by atoms with E-state index in [0.29, 0.717) is 11.4 Å². The number of carbonyl (C=O) groups excluding carboxylic acids is 1. The zero-order valence-corrected chi connectivity index (χ0v) is 15.9. The monoisotopic (exact) mass is 380 g/mol. The number of carbonyl (C=O) groups is 2. The lowest BCUT2D eigenvalue weighted by atomic mass is 10.0. The van der Waals surface area contributed by atoms with Crippen LogP contribution in [0.15, 0.2) is 30.6 Å². The Balaban J connectivity index is 1.52. The largest absolute Gasteiger partial charge is 0.465 e. The molecule has 0 unspecified atom stereocenters. The van der Waals surface area contributed by atoms with E-state index in [-0.39, 0.29) is 24.4 Å². The van der Waals surface area contributed by atoms with Gasteiger partial charge in [0.1, 0.15) is 0 Å². The molecule has 2 saturated carbocycles. The summed E-state index contributed by atoms with van der Waals surface area (Å²) in [5.41, 5.74) is 3.15. The first-order chi connectivity index (χ1) is 13.5. The summed E-state index contributed by atoms with van der Waals surface area (Å²) in [7, 11) is 0. The number of benzene rings is 1. The Labute approximate surface area is 163 Å². The van der Waals surface area contributed by atoms with Gasteiger partial charge in [-0.05, 0) is 56.2 Å². The van der Waals surface area contributed by atoms with Crippen molar-refractivity contribution in [1.29, 1.82) is 0 Å². The number of anilines is 2. The molecule has 1 aromatic heterocycles. The van der Waals surface area contributed by atoms with Gasteiger partial charge in [0, 0.05) is 30.8 Å². The highest BCUT2D eigenvalue weighted by Crippen LogP contribution is 2.42.